The van der Waals surface area contributed by atoms with Crippen molar-refractivity contribution in [3.63, 3.8) is 0 Å². The third-order valence-electron chi connectivity index (χ3n) is 3.93. The molecule has 2 N–H and O–H groups in total. The Morgan fingerprint density at radius 3 is 2.70 bits per heavy atom. The highest BCUT2D eigenvalue weighted by atomic mass is 35.5. The lowest BCUT2D eigenvalue weighted by Gasteiger charge is -2.20. The number of halogens is 1. The van der Waals surface area contributed by atoms with Gasteiger partial charge in [0.25, 0.3) is 0 Å². The highest BCUT2D eigenvalue weighted by Gasteiger charge is 2.27. The van der Waals surface area contributed by atoms with Crippen molar-refractivity contribution in [2.75, 3.05) is 20.1 Å². The Morgan fingerprint density at radius 1 is 1.39 bits per heavy atom. The summed E-state index contributed by atoms with van der Waals surface area (Å²) < 4.78 is 0. The second-order valence-corrected chi connectivity index (χ2v) is 6.56. The number of guanidine groups is 1. The topological polar surface area (TPSA) is 56.7 Å². The van der Waals surface area contributed by atoms with Crippen LogP contribution in [-0.2, 0) is 11.3 Å². The van der Waals surface area contributed by atoms with Crippen molar-refractivity contribution in [2.24, 2.45) is 10.9 Å². The molecule has 1 saturated heterocycles. The Balaban J connectivity index is 1.81. The van der Waals surface area contributed by atoms with E-state index in [1.54, 1.807) is 7.05 Å². The molecule has 1 aliphatic heterocycles. The fourth-order valence-electron chi connectivity index (χ4n) is 2.62. The normalized spacial score (nSPS) is 18.4. The van der Waals surface area contributed by atoms with Gasteiger partial charge in [-0.05, 0) is 24.1 Å². The molecular weight excluding hydrogens is 312 g/mol. The second-order valence-electron chi connectivity index (χ2n) is 6.12. The van der Waals surface area contributed by atoms with Gasteiger partial charge in [-0.1, -0.05) is 37.6 Å². The first-order valence-corrected chi connectivity index (χ1v) is 8.37. The number of hydrogen-bond acceptors (Lipinski definition) is 2. The van der Waals surface area contributed by atoms with Crippen molar-refractivity contribution in [1.29, 1.82) is 0 Å². The number of nitrogens with zero attached hydrogens (tertiary/aromatic N) is 2. The highest BCUT2D eigenvalue weighted by Crippen LogP contribution is 2.13. The van der Waals surface area contributed by atoms with Crippen LogP contribution >= 0.6 is 11.6 Å². The first-order chi connectivity index (χ1) is 11.0. The minimum absolute atomic E-state index is 0.0519. The van der Waals surface area contributed by atoms with Gasteiger partial charge in [0.1, 0.15) is 0 Å². The number of aliphatic imine (C=N–C) groups is 1. The van der Waals surface area contributed by atoms with E-state index < -0.39 is 0 Å². The van der Waals surface area contributed by atoms with Gasteiger partial charge in [0.05, 0.1) is 0 Å². The highest BCUT2D eigenvalue weighted by molar-refractivity contribution is 6.30. The standard InChI is InChI=1S/C17H25ClN4O/c1-12(2)16(23)22-9-8-15(11-22)21-17(19-3)20-10-13-4-6-14(18)7-5-13/h4-7,12,15H,8-11H2,1-3H3,(H2,19,20,21). The summed E-state index contributed by atoms with van der Waals surface area (Å²) in [4.78, 5) is 18.2. The molecule has 1 heterocycles. The fraction of sp³-hybridized carbons (Fsp3) is 0.529. The van der Waals surface area contributed by atoms with Gasteiger partial charge < -0.3 is 15.5 Å². The summed E-state index contributed by atoms with van der Waals surface area (Å²) >= 11 is 5.89. The van der Waals surface area contributed by atoms with E-state index in [1.165, 1.54) is 0 Å². The van der Waals surface area contributed by atoms with Crippen LogP contribution in [0.4, 0.5) is 0 Å². The second kappa shape index (κ2) is 8.20. The SMILES string of the molecule is CN=C(NCc1ccc(Cl)cc1)NC1CCN(C(=O)C(C)C)C1. The zero-order chi connectivity index (χ0) is 16.8. The Labute approximate surface area is 143 Å². The summed E-state index contributed by atoms with van der Waals surface area (Å²) in [5.41, 5.74) is 1.14. The molecule has 0 saturated carbocycles. The molecule has 0 aromatic heterocycles. The summed E-state index contributed by atoms with van der Waals surface area (Å²) in [6, 6.07) is 7.97. The molecular formula is C17H25ClN4O. The van der Waals surface area contributed by atoms with Crippen LogP contribution in [0.3, 0.4) is 0 Å². The molecule has 6 heteroatoms. The Hall–Kier alpha value is -1.75. The number of hydrogen-bond donors (Lipinski definition) is 2. The number of likely N-dealkylation sites (tertiary alicyclic amines) is 1. The first kappa shape index (κ1) is 17.6. The number of amides is 1. The molecule has 2 rings (SSSR count). The summed E-state index contributed by atoms with van der Waals surface area (Å²) in [6.45, 7) is 6.10. The zero-order valence-electron chi connectivity index (χ0n) is 14.0. The summed E-state index contributed by atoms with van der Waals surface area (Å²) in [5, 5.41) is 7.41. The molecule has 1 aliphatic rings. The van der Waals surface area contributed by atoms with Crippen LogP contribution < -0.4 is 10.6 Å². The van der Waals surface area contributed by atoms with Crippen molar-refractivity contribution in [1.82, 2.24) is 15.5 Å². The number of carbonyl (C=O) groups is 1. The van der Waals surface area contributed by atoms with E-state index in [2.05, 4.69) is 15.6 Å². The minimum Gasteiger partial charge on any atom is -0.352 e. The van der Waals surface area contributed by atoms with Crippen molar-refractivity contribution in [2.45, 2.75) is 32.9 Å². The van der Waals surface area contributed by atoms with Crippen molar-refractivity contribution >= 4 is 23.5 Å². The maximum absolute atomic E-state index is 12.0. The number of nitrogens with one attached hydrogen (secondary N) is 2. The van der Waals surface area contributed by atoms with E-state index in [0.717, 1.165) is 36.1 Å². The third-order valence-corrected chi connectivity index (χ3v) is 4.18. The third kappa shape index (κ3) is 5.13. The number of rotatable bonds is 4. The van der Waals surface area contributed by atoms with Crippen LogP contribution in [-0.4, -0.2) is 42.9 Å². The van der Waals surface area contributed by atoms with E-state index in [-0.39, 0.29) is 17.9 Å². The minimum atomic E-state index is 0.0519. The smallest absolute Gasteiger partial charge is 0.225 e. The largest absolute Gasteiger partial charge is 0.352 e. The van der Waals surface area contributed by atoms with Gasteiger partial charge in [-0.3, -0.25) is 9.79 Å². The lowest BCUT2D eigenvalue weighted by atomic mass is 10.2. The zero-order valence-corrected chi connectivity index (χ0v) is 14.7. The van der Waals surface area contributed by atoms with Gasteiger partial charge in [-0.25, -0.2) is 0 Å². The maximum atomic E-state index is 12.0. The lowest BCUT2D eigenvalue weighted by molar-refractivity contribution is -0.133. The molecule has 1 unspecified atom stereocenters. The summed E-state index contributed by atoms with van der Waals surface area (Å²) in [5.74, 6) is 1.03. The maximum Gasteiger partial charge on any atom is 0.225 e. The molecule has 5 nitrogen and oxygen atoms in total. The molecule has 0 radical (unpaired) electrons. The average Bonchev–Trinajstić information content (AvgIpc) is 3.00. The summed E-state index contributed by atoms with van der Waals surface area (Å²) in [6.07, 6.45) is 0.945. The molecule has 0 spiro atoms. The molecule has 0 bridgehead atoms. The predicted octanol–water partition coefficient (Wildman–Crippen LogP) is 2.26. The predicted molar refractivity (Wildman–Crippen MR) is 94.6 cm³/mol. The Kier molecular flexibility index (Phi) is 6.28. The monoisotopic (exact) mass is 336 g/mol. The molecule has 1 aromatic rings. The van der Waals surface area contributed by atoms with Crippen LogP contribution in [0.2, 0.25) is 5.02 Å². The molecule has 1 atom stereocenters. The number of carbonyl (C=O) groups excluding carboxylic acids is 1. The first-order valence-electron chi connectivity index (χ1n) is 8.00. The Morgan fingerprint density at radius 2 is 2.09 bits per heavy atom. The average molecular weight is 337 g/mol. The molecule has 1 aromatic carbocycles. The van der Waals surface area contributed by atoms with Crippen LogP contribution in [0.5, 0.6) is 0 Å². The van der Waals surface area contributed by atoms with Crippen LogP contribution in [0, 0.1) is 5.92 Å². The van der Waals surface area contributed by atoms with Crippen LogP contribution in [0.1, 0.15) is 25.8 Å². The molecule has 1 amide bonds. The van der Waals surface area contributed by atoms with Gasteiger partial charge in [0, 0.05) is 43.7 Å². The molecule has 23 heavy (non-hydrogen) atoms. The van der Waals surface area contributed by atoms with E-state index in [9.17, 15) is 4.79 Å². The summed E-state index contributed by atoms with van der Waals surface area (Å²) in [7, 11) is 1.75. The van der Waals surface area contributed by atoms with Gasteiger partial charge in [-0.15, -0.1) is 0 Å². The van der Waals surface area contributed by atoms with Crippen LogP contribution in [0.25, 0.3) is 0 Å². The van der Waals surface area contributed by atoms with Gasteiger partial charge in [0.15, 0.2) is 5.96 Å². The van der Waals surface area contributed by atoms with E-state index in [4.69, 9.17) is 11.6 Å². The quantitative estimate of drug-likeness (QED) is 0.655. The molecule has 1 fully saturated rings. The molecule has 126 valence electrons. The van der Waals surface area contributed by atoms with Gasteiger partial charge in [0.2, 0.25) is 5.91 Å². The number of benzene rings is 1. The molecule has 0 aliphatic carbocycles. The van der Waals surface area contributed by atoms with E-state index in [0.29, 0.717) is 6.54 Å². The van der Waals surface area contributed by atoms with E-state index >= 15 is 0 Å². The van der Waals surface area contributed by atoms with Gasteiger partial charge in [-0.2, -0.15) is 0 Å². The lowest BCUT2D eigenvalue weighted by Crippen LogP contribution is -2.45. The fourth-order valence-corrected chi connectivity index (χ4v) is 2.75. The van der Waals surface area contributed by atoms with Crippen LogP contribution in [0.15, 0.2) is 29.3 Å². The van der Waals surface area contributed by atoms with Gasteiger partial charge >= 0.3 is 0 Å². The van der Waals surface area contributed by atoms with Crippen molar-refractivity contribution < 1.29 is 4.79 Å². The van der Waals surface area contributed by atoms with Crippen molar-refractivity contribution in [3.8, 4) is 0 Å². The Bertz CT molecular complexity index is 556. The van der Waals surface area contributed by atoms with Crippen molar-refractivity contribution in [3.05, 3.63) is 34.9 Å². The van der Waals surface area contributed by atoms with E-state index in [1.807, 2.05) is 43.0 Å².